The predicted molar refractivity (Wildman–Crippen MR) is 126 cm³/mol. The molecular formula is C26H28N4O. The number of aryl methyl sites for hydroxylation is 1. The Kier molecular flexibility index (Phi) is 5.43. The summed E-state index contributed by atoms with van der Waals surface area (Å²) in [5, 5.41) is 5.43. The van der Waals surface area contributed by atoms with Gasteiger partial charge >= 0.3 is 0 Å². The van der Waals surface area contributed by atoms with Crippen molar-refractivity contribution < 1.29 is 4.79 Å². The van der Waals surface area contributed by atoms with Crippen molar-refractivity contribution in [3.05, 3.63) is 72.6 Å². The molecule has 1 fully saturated rings. The molecule has 2 heterocycles. The number of nitrogens with one attached hydrogen (secondary N) is 1. The van der Waals surface area contributed by atoms with Crippen LogP contribution in [-0.4, -0.2) is 33.4 Å². The first-order valence-corrected chi connectivity index (χ1v) is 11.2. The third kappa shape index (κ3) is 3.93. The third-order valence-corrected chi connectivity index (χ3v) is 6.34. The molecule has 1 aliphatic rings. The molecule has 0 unspecified atom stereocenters. The van der Waals surface area contributed by atoms with E-state index in [1.54, 1.807) is 0 Å². The maximum absolute atomic E-state index is 13.1. The zero-order chi connectivity index (χ0) is 21.2. The number of hydrogen-bond donors (Lipinski definition) is 1. The topological polar surface area (TPSA) is 50.2 Å². The summed E-state index contributed by atoms with van der Waals surface area (Å²) in [7, 11) is 0. The van der Waals surface area contributed by atoms with Crippen LogP contribution in [0.2, 0.25) is 0 Å². The Morgan fingerprint density at radius 1 is 1.06 bits per heavy atom. The number of fused-ring (bicyclic) bond motifs is 2. The molecule has 1 aromatic heterocycles. The van der Waals surface area contributed by atoms with Crippen LogP contribution in [0.5, 0.6) is 0 Å². The fraction of sp³-hybridized carbons (Fsp3) is 0.308. The second-order valence-corrected chi connectivity index (χ2v) is 8.35. The summed E-state index contributed by atoms with van der Waals surface area (Å²) in [4.78, 5) is 20.4. The van der Waals surface area contributed by atoms with Gasteiger partial charge in [0.25, 0.3) is 0 Å². The molecule has 1 saturated heterocycles. The summed E-state index contributed by atoms with van der Waals surface area (Å²) in [5.41, 5.74) is 3.12. The van der Waals surface area contributed by atoms with Gasteiger partial charge in [-0.3, -0.25) is 9.69 Å². The minimum absolute atomic E-state index is 0.00725. The Morgan fingerprint density at radius 2 is 1.87 bits per heavy atom. The van der Waals surface area contributed by atoms with Gasteiger partial charge in [-0.05, 0) is 49.9 Å². The SMILES string of the molecule is CCn1c(CN2CCC[C@@H](C(=O)Nc3cccc4ccccc34)C2)nc2ccccc21. The molecule has 3 aromatic carbocycles. The Bertz CT molecular complexity index is 1220. The molecule has 1 amide bonds. The fourth-order valence-electron chi connectivity index (χ4n) is 4.78. The van der Waals surface area contributed by atoms with Crippen LogP contribution in [0.15, 0.2) is 66.7 Å². The molecule has 0 aliphatic carbocycles. The molecular weight excluding hydrogens is 384 g/mol. The number of hydrogen-bond acceptors (Lipinski definition) is 3. The summed E-state index contributed by atoms with van der Waals surface area (Å²) in [6.07, 6.45) is 1.96. The van der Waals surface area contributed by atoms with Gasteiger partial charge in [0.05, 0.1) is 23.5 Å². The van der Waals surface area contributed by atoms with Gasteiger partial charge < -0.3 is 9.88 Å². The van der Waals surface area contributed by atoms with Crippen molar-refractivity contribution in [3.63, 3.8) is 0 Å². The molecule has 5 heteroatoms. The van der Waals surface area contributed by atoms with Crippen LogP contribution >= 0.6 is 0 Å². The summed E-state index contributed by atoms with van der Waals surface area (Å²) < 4.78 is 2.29. The van der Waals surface area contributed by atoms with E-state index in [0.717, 1.165) is 66.8 Å². The average molecular weight is 413 g/mol. The lowest BCUT2D eigenvalue weighted by molar-refractivity contribution is -0.121. The average Bonchev–Trinajstić information content (AvgIpc) is 3.16. The zero-order valence-corrected chi connectivity index (χ0v) is 17.9. The lowest BCUT2D eigenvalue weighted by atomic mass is 9.96. The smallest absolute Gasteiger partial charge is 0.228 e. The van der Waals surface area contributed by atoms with Crippen LogP contribution < -0.4 is 5.32 Å². The predicted octanol–water partition coefficient (Wildman–Crippen LogP) is 5.06. The highest BCUT2D eigenvalue weighted by Gasteiger charge is 2.27. The maximum Gasteiger partial charge on any atom is 0.228 e. The molecule has 0 saturated carbocycles. The number of carbonyl (C=O) groups is 1. The molecule has 0 bridgehead atoms. The number of amides is 1. The van der Waals surface area contributed by atoms with Gasteiger partial charge in [0, 0.05) is 24.2 Å². The van der Waals surface area contributed by atoms with Crippen molar-refractivity contribution >= 4 is 33.4 Å². The van der Waals surface area contributed by atoms with E-state index in [0.29, 0.717) is 0 Å². The minimum atomic E-state index is -0.00725. The van der Waals surface area contributed by atoms with E-state index in [4.69, 9.17) is 4.98 Å². The number of aromatic nitrogens is 2. The number of rotatable bonds is 5. The number of anilines is 1. The van der Waals surface area contributed by atoms with E-state index in [2.05, 4.69) is 58.1 Å². The fourth-order valence-corrected chi connectivity index (χ4v) is 4.78. The maximum atomic E-state index is 13.1. The Morgan fingerprint density at radius 3 is 2.77 bits per heavy atom. The van der Waals surface area contributed by atoms with E-state index in [-0.39, 0.29) is 11.8 Å². The molecule has 31 heavy (non-hydrogen) atoms. The highest BCUT2D eigenvalue weighted by atomic mass is 16.1. The van der Waals surface area contributed by atoms with Crippen LogP contribution in [0.1, 0.15) is 25.6 Å². The Hall–Kier alpha value is -3.18. The highest BCUT2D eigenvalue weighted by molar-refractivity contribution is 6.02. The van der Waals surface area contributed by atoms with Gasteiger partial charge in [0.1, 0.15) is 5.82 Å². The van der Waals surface area contributed by atoms with E-state index >= 15 is 0 Å². The molecule has 158 valence electrons. The number of likely N-dealkylation sites (tertiary alicyclic amines) is 1. The zero-order valence-electron chi connectivity index (χ0n) is 17.9. The van der Waals surface area contributed by atoms with Crippen molar-refractivity contribution in [2.45, 2.75) is 32.9 Å². The number of para-hydroxylation sites is 2. The van der Waals surface area contributed by atoms with Crippen molar-refractivity contribution in [2.75, 3.05) is 18.4 Å². The number of nitrogens with zero attached hydrogens (tertiary/aromatic N) is 3. The van der Waals surface area contributed by atoms with Crippen molar-refractivity contribution in [1.29, 1.82) is 0 Å². The monoisotopic (exact) mass is 412 g/mol. The van der Waals surface area contributed by atoms with Crippen molar-refractivity contribution in [3.8, 4) is 0 Å². The number of benzene rings is 3. The second-order valence-electron chi connectivity index (χ2n) is 8.35. The molecule has 4 aromatic rings. The summed E-state index contributed by atoms with van der Waals surface area (Å²) >= 11 is 0. The van der Waals surface area contributed by atoms with Crippen LogP contribution in [0, 0.1) is 5.92 Å². The first-order chi connectivity index (χ1) is 15.2. The van der Waals surface area contributed by atoms with E-state index in [9.17, 15) is 4.79 Å². The largest absolute Gasteiger partial charge is 0.327 e. The Balaban J connectivity index is 1.31. The number of imidazole rings is 1. The van der Waals surface area contributed by atoms with Gasteiger partial charge in [-0.1, -0.05) is 48.5 Å². The van der Waals surface area contributed by atoms with E-state index in [1.807, 2.05) is 30.3 Å². The molecule has 1 aliphatic heterocycles. The lowest BCUT2D eigenvalue weighted by Gasteiger charge is -2.31. The summed E-state index contributed by atoms with van der Waals surface area (Å²) in [6.45, 7) is 5.61. The molecule has 5 rings (SSSR count). The second kappa shape index (κ2) is 8.52. The third-order valence-electron chi connectivity index (χ3n) is 6.34. The number of carbonyl (C=O) groups excluding carboxylic acids is 1. The normalized spacial score (nSPS) is 17.3. The molecule has 1 atom stereocenters. The molecule has 1 N–H and O–H groups in total. The van der Waals surface area contributed by atoms with Gasteiger partial charge in [0.2, 0.25) is 5.91 Å². The quantitative estimate of drug-likeness (QED) is 0.498. The Labute approximate surface area is 182 Å². The van der Waals surface area contributed by atoms with Crippen LogP contribution in [0.25, 0.3) is 21.8 Å². The molecule has 0 radical (unpaired) electrons. The van der Waals surface area contributed by atoms with Gasteiger partial charge in [0.15, 0.2) is 0 Å². The first-order valence-electron chi connectivity index (χ1n) is 11.2. The van der Waals surface area contributed by atoms with Gasteiger partial charge in [-0.25, -0.2) is 4.98 Å². The standard InChI is InChI=1S/C26H28N4O/c1-2-30-24-15-6-5-13-23(24)27-25(30)18-29-16-8-11-20(17-29)26(31)28-22-14-7-10-19-9-3-4-12-21(19)22/h3-7,9-10,12-15,20H,2,8,11,16-18H2,1H3,(H,28,31)/t20-/m1/s1. The van der Waals surface area contributed by atoms with Crippen LogP contribution in [-0.2, 0) is 17.9 Å². The summed E-state index contributed by atoms with van der Waals surface area (Å²) in [5.74, 6) is 1.19. The molecule has 0 spiro atoms. The van der Waals surface area contributed by atoms with Gasteiger partial charge in [-0.15, -0.1) is 0 Å². The number of piperidine rings is 1. The van der Waals surface area contributed by atoms with Crippen LogP contribution in [0.4, 0.5) is 5.69 Å². The first kappa shape index (κ1) is 19.8. The van der Waals surface area contributed by atoms with E-state index < -0.39 is 0 Å². The van der Waals surface area contributed by atoms with Gasteiger partial charge in [-0.2, -0.15) is 0 Å². The summed E-state index contributed by atoms with van der Waals surface area (Å²) in [6, 6.07) is 22.5. The van der Waals surface area contributed by atoms with Crippen LogP contribution in [0.3, 0.4) is 0 Å². The van der Waals surface area contributed by atoms with Crippen molar-refractivity contribution in [2.24, 2.45) is 5.92 Å². The lowest BCUT2D eigenvalue weighted by Crippen LogP contribution is -2.40. The van der Waals surface area contributed by atoms with Crippen molar-refractivity contribution in [1.82, 2.24) is 14.5 Å². The highest BCUT2D eigenvalue weighted by Crippen LogP contribution is 2.26. The minimum Gasteiger partial charge on any atom is -0.327 e. The molecule has 5 nitrogen and oxygen atoms in total. The van der Waals surface area contributed by atoms with E-state index in [1.165, 1.54) is 5.52 Å².